The molecule has 0 radical (unpaired) electrons. The third-order valence-corrected chi connectivity index (χ3v) is 3.33. The third kappa shape index (κ3) is 2.79. The van der Waals surface area contributed by atoms with Gasteiger partial charge in [-0.2, -0.15) is 0 Å². The van der Waals surface area contributed by atoms with Gasteiger partial charge in [0.05, 0.1) is 6.54 Å². The average molecular weight is 282 g/mol. The Morgan fingerprint density at radius 2 is 2.05 bits per heavy atom. The molecule has 1 atom stereocenters. The van der Waals surface area contributed by atoms with Gasteiger partial charge in [0.2, 0.25) is 11.8 Å². The summed E-state index contributed by atoms with van der Waals surface area (Å²) in [4.78, 5) is 25.2. The number of amides is 2. The fourth-order valence-electron chi connectivity index (χ4n) is 2.35. The Bertz CT molecular complexity index is 546. The zero-order valence-electron chi connectivity index (χ0n) is 11.3. The van der Waals surface area contributed by atoms with Gasteiger partial charge in [-0.3, -0.25) is 9.59 Å². The summed E-state index contributed by atoms with van der Waals surface area (Å²) in [5.74, 6) is -2.00. The van der Waals surface area contributed by atoms with Crippen LogP contribution in [-0.4, -0.2) is 29.3 Å². The summed E-state index contributed by atoms with van der Waals surface area (Å²) in [6.07, 6.45) is 0. The van der Waals surface area contributed by atoms with Crippen LogP contribution in [0.1, 0.15) is 19.4 Å². The molecule has 6 heteroatoms. The van der Waals surface area contributed by atoms with Crippen LogP contribution >= 0.6 is 0 Å². The lowest BCUT2D eigenvalue weighted by atomic mass is 9.98. The van der Waals surface area contributed by atoms with Crippen molar-refractivity contribution in [3.63, 3.8) is 0 Å². The lowest BCUT2D eigenvalue weighted by molar-refractivity contribution is -0.148. The zero-order valence-corrected chi connectivity index (χ0v) is 11.3. The first-order valence-corrected chi connectivity index (χ1v) is 6.41. The average Bonchev–Trinajstić information content (AvgIpc) is 2.36. The minimum absolute atomic E-state index is 0.0405. The van der Waals surface area contributed by atoms with Crippen molar-refractivity contribution in [3.05, 3.63) is 35.4 Å². The minimum atomic E-state index is -0.716. The van der Waals surface area contributed by atoms with Crippen molar-refractivity contribution in [2.75, 3.05) is 6.54 Å². The van der Waals surface area contributed by atoms with Gasteiger partial charge in [0.25, 0.3) is 0 Å². The van der Waals surface area contributed by atoms with Crippen LogP contribution in [0, 0.1) is 17.6 Å². The van der Waals surface area contributed by atoms with Crippen molar-refractivity contribution >= 4 is 11.8 Å². The van der Waals surface area contributed by atoms with Crippen molar-refractivity contribution in [2.24, 2.45) is 5.92 Å². The predicted molar refractivity (Wildman–Crippen MR) is 68.5 cm³/mol. The molecule has 1 fully saturated rings. The van der Waals surface area contributed by atoms with Gasteiger partial charge in [0.15, 0.2) is 0 Å². The standard InChI is InChI=1S/C14H16F2N2O2/c1-8(2)13-14(20)17-6-12(19)18(13)7-9-3-4-10(15)5-11(9)16/h3-5,8,13H,6-7H2,1-2H3,(H,17,20). The monoisotopic (exact) mass is 282 g/mol. The number of nitrogens with one attached hydrogen (secondary N) is 1. The molecule has 108 valence electrons. The van der Waals surface area contributed by atoms with E-state index in [0.29, 0.717) is 0 Å². The summed E-state index contributed by atoms with van der Waals surface area (Å²) in [5.41, 5.74) is 0.195. The lowest BCUT2D eigenvalue weighted by Gasteiger charge is -2.37. The fourth-order valence-corrected chi connectivity index (χ4v) is 2.35. The molecule has 0 aromatic heterocycles. The van der Waals surface area contributed by atoms with Crippen LogP contribution in [0.3, 0.4) is 0 Å². The quantitative estimate of drug-likeness (QED) is 0.912. The Kier molecular flexibility index (Phi) is 4.01. The predicted octanol–water partition coefficient (Wildman–Crippen LogP) is 1.45. The summed E-state index contributed by atoms with van der Waals surface area (Å²) in [7, 11) is 0. The number of benzene rings is 1. The number of carbonyl (C=O) groups is 2. The molecule has 1 aromatic rings. The van der Waals surface area contributed by atoms with Crippen molar-refractivity contribution in [2.45, 2.75) is 26.4 Å². The lowest BCUT2D eigenvalue weighted by Crippen LogP contribution is -2.59. The van der Waals surface area contributed by atoms with Gasteiger partial charge < -0.3 is 10.2 Å². The van der Waals surface area contributed by atoms with Crippen molar-refractivity contribution in [1.29, 1.82) is 0 Å². The Morgan fingerprint density at radius 3 is 2.65 bits per heavy atom. The Labute approximate surface area is 115 Å². The molecule has 1 aromatic carbocycles. The van der Waals surface area contributed by atoms with Gasteiger partial charge in [-0.05, 0) is 12.0 Å². The van der Waals surface area contributed by atoms with E-state index in [9.17, 15) is 18.4 Å². The summed E-state index contributed by atoms with van der Waals surface area (Å²) >= 11 is 0. The number of nitrogens with zero attached hydrogens (tertiary/aromatic N) is 1. The highest BCUT2D eigenvalue weighted by atomic mass is 19.1. The molecular formula is C14H16F2N2O2. The number of hydrogen-bond donors (Lipinski definition) is 1. The van der Waals surface area contributed by atoms with Crippen LogP contribution in [0.4, 0.5) is 8.78 Å². The van der Waals surface area contributed by atoms with Crippen molar-refractivity contribution in [1.82, 2.24) is 10.2 Å². The van der Waals surface area contributed by atoms with Gasteiger partial charge >= 0.3 is 0 Å². The topological polar surface area (TPSA) is 49.4 Å². The Balaban J connectivity index is 2.28. The molecule has 0 saturated carbocycles. The van der Waals surface area contributed by atoms with E-state index in [2.05, 4.69) is 5.32 Å². The largest absolute Gasteiger partial charge is 0.345 e. The SMILES string of the molecule is CC(C)C1C(=O)NCC(=O)N1Cc1ccc(F)cc1F. The Morgan fingerprint density at radius 1 is 1.35 bits per heavy atom. The van der Waals surface area contributed by atoms with Crippen LogP contribution < -0.4 is 5.32 Å². The van der Waals surface area contributed by atoms with E-state index >= 15 is 0 Å². The molecule has 20 heavy (non-hydrogen) atoms. The van der Waals surface area contributed by atoms with Crippen molar-refractivity contribution < 1.29 is 18.4 Å². The zero-order chi connectivity index (χ0) is 14.9. The molecule has 2 rings (SSSR count). The summed E-state index contributed by atoms with van der Waals surface area (Å²) in [5, 5.41) is 2.52. The van der Waals surface area contributed by atoms with Gasteiger partial charge in [0.1, 0.15) is 17.7 Å². The Hall–Kier alpha value is -1.98. The summed E-state index contributed by atoms with van der Waals surface area (Å²) in [6, 6.07) is 2.56. The smallest absolute Gasteiger partial charge is 0.243 e. The second-order valence-corrected chi connectivity index (χ2v) is 5.16. The van der Waals surface area contributed by atoms with E-state index in [1.54, 1.807) is 0 Å². The first-order valence-electron chi connectivity index (χ1n) is 6.41. The summed E-state index contributed by atoms with van der Waals surface area (Å²) in [6.45, 7) is 3.50. The second-order valence-electron chi connectivity index (χ2n) is 5.16. The van der Waals surface area contributed by atoms with E-state index in [0.717, 1.165) is 12.1 Å². The van der Waals surface area contributed by atoms with Crippen molar-refractivity contribution in [3.8, 4) is 0 Å². The van der Waals surface area contributed by atoms with Gasteiger partial charge in [-0.1, -0.05) is 19.9 Å². The molecule has 1 unspecified atom stereocenters. The summed E-state index contributed by atoms with van der Waals surface area (Å²) < 4.78 is 26.6. The molecule has 0 spiro atoms. The van der Waals surface area contributed by atoms with Crippen LogP contribution in [0.2, 0.25) is 0 Å². The number of halogens is 2. The highest BCUT2D eigenvalue weighted by molar-refractivity contribution is 5.94. The normalized spacial score (nSPS) is 19.4. The second kappa shape index (κ2) is 5.56. The molecule has 1 saturated heterocycles. The molecule has 1 aliphatic rings. The van der Waals surface area contributed by atoms with E-state index in [4.69, 9.17) is 0 Å². The number of piperazine rings is 1. The highest BCUT2D eigenvalue weighted by Gasteiger charge is 2.36. The molecule has 4 nitrogen and oxygen atoms in total. The molecule has 2 amide bonds. The van der Waals surface area contributed by atoms with E-state index in [1.807, 2.05) is 13.8 Å². The third-order valence-electron chi connectivity index (χ3n) is 3.33. The van der Waals surface area contributed by atoms with Crippen LogP contribution in [-0.2, 0) is 16.1 Å². The number of hydrogen-bond acceptors (Lipinski definition) is 2. The molecule has 1 aliphatic heterocycles. The first-order chi connectivity index (χ1) is 9.40. The first kappa shape index (κ1) is 14.4. The van der Waals surface area contributed by atoms with E-state index < -0.39 is 17.7 Å². The maximum absolute atomic E-state index is 13.7. The molecular weight excluding hydrogens is 266 g/mol. The van der Waals surface area contributed by atoms with Gasteiger partial charge in [-0.25, -0.2) is 8.78 Å². The highest BCUT2D eigenvalue weighted by Crippen LogP contribution is 2.20. The van der Waals surface area contributed by atoms with Crippen LogP contribution in [0.15, 0.2) is 18.2 Å². The maximum atomic E-state index is 13.7. The fraction of sp³-hybridized carbons (Fsp3) is 0.429. The van der Waals surface area contributed by atoms with E-state index in [-0.39, 0.29) is 36.4 Å². The molecule has 1 N–H and O–H groups in total. The maximum Gasteiger partial charge on any atom is 0.243 e. The van der Waals surface area contributed by atoms with Crippen LogP contribution in [0.5, 0.6) is 0 Å². The molecule has 1 heterocycles. The molecule has 0 aliphatic carbocycles. The minimum Gasteiger partial charge on any atom is -0.345 e. The number of carbonyl (C=O) groups excluding carboxylic acids is 2. The van der Waals surface area contributed by atoms with Crippen LogP contribution in [0.25, 0.3) is 0 Å². The van der Waals surface area contributed by atoms with Gasteiger partial charge in [0, 0.05) is 18.2 Å². The number of rotatable bonds is 3. The molecule has 0 bridgehead atoms. The van der Waals surface area contributed by atoms with Gasteiger partial charge in [-0.15, -0.1) is 0 Å². The van der Waals surface area contributed by atoms with E-state index in [1.165, 1.54) is 11.0 Å².